The van der Waals surface area contributed by atoms with Crippen molar-refractivity contribution in [3.05, 3.63) is 88.4 Å². The Hall–Kier alpha value is -3.05. The fourth-order valence-electron chi connectivity index (χ4n) is 3.35. The van der Waals surface area contributed by atoms with Gasteiger partial charge in [-0.15, -0.1) is 4.40 Å². The van der Waals surface area contributed by atoms with Crippen LogP contribution in [0, 0.1) is 0 Å². The first-order chi connectivity index (χ1) is 18.2. The van der Waals surface area contributed by atoms with Crippen LogP contribution >= 0.6 is 34.8 Å². The third-order valence-electron chi connectivity index (χ3n) is 5.00. The van der Waals surface area contributed by atoms with Crippen molar-refractivity contribution in [2.24, 2.45) is 4.40 Å². The summed E-state index contributed by atoms with van der Waals surface area (Å²) < 4.78 is 38.8. The molecule has 0 saturated heterocycles. The highest BCUT2D eigenvalue weighted by atomic mass is 35.5. The maximum absolute atomic E-state index is 12.3. The topological polar surface area (TPSA) is 103 Å². The first kappa shape index (κ1) is 29.5. The molecule has 2 heterocycles. The van der Waals surface area contributed by atoms with Crippen molar-refractivity contribution in [3.63, 3.8) is 0 Å². The summed E-state index contributed by atoms with van der Waals surface area (Å²) in [5.41, 5.74) is 0.513. The van der Waals surface area contributed by atoms with Crippen molar-refractivity contribution in [2.75, 3.05) is 26.3 Å². The van der Waals surface area contributed by atoms with Gasteiger partial charge in [0.05, 0.1) is 22.2 Å². The van der Waals surface area contributed by atoms with Gasteiger partial charge in [0.15, 0.2) is 5.75 Å². The van der Waals surface area contributed by atoms with E-state index in [1.165, 1.54) is 23.0 Å². The number of carbonyl (C=O) groups is 1. The van der Waals surface area contributed by atoms with Crippen LogP contribution in [0.3, 0.4) is 0 Å². The van der Waals surface area contributed by atoms with E-state index in [0.717, 1.165) is 6.42 Å². The Labute approximate surface area is 236 Å². The van der Waals surface area contributed by atoms with Gasteiger partial charge in [-0.2, -0.15) is 8.42 Å². The van der Waals surface area contributed by atoms with E-state index in [1.54, 1.807) is 47.6 Å². The summed E-state index contributed by atoms with van der Waals surface area (Å²) in [4.78, 5) is 18.1. The highest BCUT2D eigenvalue weighted by molar-refractivity contribution is 7.90. The van der Waals surface area contributed by atoms with E-state index >= 15 is 0 Å². The maximum atomic E-state index is 12.3. The van der Waals surface area contributed by atoms with Crippen LogP contribution in [0.15, 0.2) is 77.1 Å². The van der Waals surface area contributed by atoms with E-state index in [0.29, 0.717) is 39.5 Å². The molecule has 0 N–H and O–H groups in total. The van der Waals surface area contributed by atoms with Gasteiger partial charge in [0.2, 0.25) is 5.90 Å². The number of imidazole rings is 1. The Kier molecular flexibility index (Phi) is 10.6. The first-order valence-electron chi connectivity index (χ1n) is 11.4. The number of nitrogens with zero attached hydrogens (tertiary/aromatic N) is 4. The number of sulfonamides is 1. The molecule has 1 amide bonds. The maximum Gasteiger partial charge on any atom is 0.329 e. The first-order valence-corrected chi connectivity index (χ1v) is 14.0. The summed E-state index contributed by atoms with van der Waals surface area (Å²) >= 11 is 18.0. The van der Waals surface area contributed by atoms with Crippen LogP contribution in [-0.2, 0) is 14.8 Å². The second-order valence-electron chi connectivity index (χ2n) is 7.75. The minimum atomic E-state index is -3.56. The van der Waals surface area contributed by atoms with Crippen LogP contribution in [-0.4, -0.2) is 61.1 Å². The van der Waals surface area contributed by atoms with E-state index in [9.17, 15) is 13.2 Å². The van der Waals surface area contributed by atoms with Crippen LogP contribution in [0.4, 0.5) is 4.79 Å². The summed E-state index contributed by atoms with van der Waals surface area (Å²) in [7, 11) is -3.56. The minimum Gasteiger partial charge on any atom is -0.489 e. The molecule has 1 aliphatic rings. The Morgan fingerprint density at radius 3 is 2.47 bits per heavy atom. The van der Waals surface area contributed by atoms with Crippen molar-refractivity contribution in [1.29, 1.82) is 0 Å². The zero-order valence-corrected chi connectivity index (χ0v) is 23.5. The standard InChI is InChI=1S/C15H16Cl3N3O2.C10H9NO3S/c1-2-4-20(15(22)21-5-3-19-10-21)6-7-23-14-12(17)8-11(16)9-13(14)18;1-2-7-14-10-8-5-3-4-6-9(8)15(12,13)11-10/h3,5,8-10H,2,4,6-7H2,1H3;2-6H,1,7H2. The van der Waals surface area contributed by atoms with Crippen molar-refractivity contribution < 1.29 is 22.7 Å². The molecule has 38 heavy (non-hydrogen) atoms. The predicted octanol–water partition coefficient (Wildman–Crippen LogP) is 5.94. The monoisotopic (exact) mass is 598 g/mol. The van der Waals surface area contributed by atoms with Gasteiger partial charge in [-0.1, -0.05) is 66.5 Å². The fourth-order valence-corrected chi connectivity index (χ4v) is 5.43. The third kappa shape index (κ3) is 7.50. The molecule has 202 valence electrons. The van der Waals surface area contributed by atoms with Crippen LogP contribution in [0.25, 0.3) is 0 Å². The molecule has 0 fully saturated rings. The smallest absolute Gasteiger partial charge is 0.329 e. The number of fused-ring (bicyclic) bond motifs is 1. The molecule has 1 aliphatic heterocycles. The molecule has 2 aromatic carbocycles. The third-order valence-corrected chi connectivity index (χ3v) is 7.09. The van der Waals surface area contributed by atoms with Gasteiger partial charge in [0, 0.05) is 24.0 Å². The average molecular weight is 600 g/mol. The van der Waals surface area contributed by atoms with Crippen molar-refractivity contribution >= 4 is 56.8 Å². The number of hydrogen-bond acceptors (Lipinski definition) is 6. The van der Waals surface area contributed by atoms with E-state index in [4.69, 9.17) is 44.3 Å². The summed E-state index contributed by atoms with van der Waals surface area (Å²) in [5, 5.41) is 1.12. The molecule has 9 nitrogen and oxygen atoms in total. The molecule has 0 radical (unpaired) electrons. The molecular weight excluding hydrogens is 575 g/mol. The lowest BCUT2D eigenvalue weighted by atomic mass is 10.2. The molecule has 13 heteroatoms. The van der Waals surface area contributed by atoms with Crippen LogP contribution in [0.5, 0.6) is 5.75 Å². The van der Waals surface area contributed by atoms with Gasteiger partial charge in [-0.3, -0.25) is 4.57 Å². The van der Waals surface area contributed by atoms with Crippen molar-refractivity contribution in [2.45, 2.75) is 18.2 Å². The average Bonchev–Trinajstić information content (AvgIpc) is 3.50. The van der Waals surface area contributed by atoms with Crippen LogP contribution < -0.4 is 4.74 Å². The largest absolute Gasteiger partial charge is 0.489 e. The predicted molar refractivity (Wildman–Crippen MR) is 148 cm³/mol. The minimum absolute atomic E-state index is 0.144. The highest BCUT2D eigenvalue weighted by Gasteiger charge is 2.29. The second kappa shape index (κ2) is 13.7. The Morgan fingerprint density at radius 2 is 1.84 bits per heavy atom. The van der Waals surface area contributed by atoms with Gasteiger partial charge in [-0.05, 0) is 30.7 Å². The molecule has 0 spiro atoms. The quantitative estimate of drug-likeness (QED) is 0.297. The van der Waals surface area contributed by atoms with Gasteiger partial charge >= 0.3 is 6.03 Å². The molecule has 0 saturated carbocycles. The Balaban J connectivity index is 0.000000230. The lowest BCUT2D eigenvalue weighted by molar-refractivity contribution is 0.184. The number of benzene rings is 2. The summed E-state index contributed by atoms with van der Waals surface area (Å²) in [6.07, 6.45) is 7.02. The zero-order valence-electron chi connectivity index (χ0n) is 20.4. The number of hydrogen-bond donors (Lipinski definition) is 0. The lowest BCUT2D eigenvalue weighted by Crippen LogP contribution is -2.37. The normalized spacial score (nSPS) is 13.0. The van der Waals surface area contributed by atoms with E-state index in [2.05, 4.69) is 16.0 Å². The molecule has 0 unspecified atom stereocenters. The highest BCUT2D eigenvalue weighted by Crippen LogP contribution is 2.35. The molecule has 0 bridgehead atoms. The van der Waals surface area contributed by atoms with E-state index < -0.39 is 10.0 Å². The number of amides is 1. The lowest BCUT2D eigenvalue weighted by Gasteiger charge is -2.22. The van der Waals surface area contributed by atoms with E-state index in [-0.39, 0.29) is 30.0 Å². The van der Waals surface area contributed by atoms with Gasteiger partial charge in [0.25, 0.3) is 10.0 Å². The van der Waals surface area contributed by atoms with Crippen molar-refractivity contribution in [1.82, 2.24) is 14.5 Å². The fraction of sp³-hybridized carbons (Fsp3) is 0.240. The number of halogens is 3. The number of aromatic nitrogens is 2. The zero-order chi connectivity index (χ0) is 27.7. The van der Waals surface area contributed by atoms with E-state index in [1.807, 2.05) is 6.92 Å². The SMILES string of the molecule is C=CCOC1=NS(=O)(=O)c2ccccc21.CCCN(CCOc1c(Cl)cc(Cl)cc1Cl)C(=O)n1ccnc1. The molecule has 0 aliphatic carbocycles. The molecule has 4 rings (SSSR count). The Bertz CT molecular complexity index is 1390. The Morgan fingerprint density at radius 1 is 1.13 bits per heavy atom. The second-order valence-corrected chi connectivity index (χ2v) is 10.6. The van der Waals surface area contributed by atoms with Gasteiger partial charge < -0.3 is 14.4 Å². The van der Waals surface area contributed by atoms with Crippen molar-refractivity contribution in [3.8, 4) is 5.75 Å². The molecule has 0 atom stereocenters. The van der Waals surface area contributed by atoms with Crippen LogP contribution in [0.1, 0.15) is 18.9 Å². The molecule has 1 aromatic heterocycles. The summed E-state index contributed by atoms with van der Waals surface area (Å²) in [5.74, 6) is 0.509. The number of ether oxygens (including phenoxy) is 2. The number of rotatable bonds is 8. The van der Waals surface area contributed by atoms with Gasteiger partial charge in [-0.25, -0.2) is 9.78 Å². The summed E-state index contributed by atoms with van der Waals surface area (Å²) in [6.45, 7) is 7.01. The molecular formula is C25H25Cl3N4O5S. The van der Waals surface area contributed by atoms with Gasteiger partial charge in [0.1, 0.15) is 24.4 Å². The number of carbonyl (C=O) groups excluding carboxylic acids is 1. The van der Waals surface area contributed by atoms with Crippen LogP contribution in [0.2, 0.25) is 15.1 Å². The molecule has 3 aromatic rings. The summed E-state index contributed by atoms with van der Waals surface area (Å²) in [6, 6.07) is 9.55.